The number of hydrogen-bond donors (Lipinski definition) is 1. The molecule has 0 aromatic rings. The van der Waals surface area contributed by atoms with E-state index in [1.807, 2.05) is 6.92 Å². The first-order valence-electron chi connectivity index (χ1n) is 7.63. The number of likely N-dealkylation sites (N-methyl/N-ethyl adjacent to an activating group) is 1. The van der Waals surface area contributed by atoms with Crippen LogP contribution < -0.4 is 5.32 Å². The lowest BCUT2D eigenvalue weighted by Crippen LogP contribution is -2.65. The van der Waals surface area contributed by atoms with E-state index in [1.165, 1.54) is 19.3 Å². The van der Waals surface area contributed by atoms with Gasteiger partial charge in [-0.15, -0.1) is 0 Å². The van der Waals surface area contributed by atoms with Crippen LogP contribution in [0.5, 0.6) is 0 Å². The Morgan fingerprint density at radius 3 is 2.47 bits per heavy atom. The molecule has 1 aliphatic heterocycles. The largest absolute Gasteiger partial charge is 0.342 e. The molecule has 1 heterocycles. The fourth-order valence-corrected chi connectivity index (χ4v) is 3.43. The first-order chi connectivity index (χ1) is 9.06. The Morgan fingerprint density at radius 1 is 1.26 bits per heavy atom. The van der Waals surface area contributed by atoms with Gasteiger partial charge in [-0.25, -0.2) is 0 Å². The molecular weight excluding hydrogens is 240 g/mol. The van der Waals surface area contributed by atoms with E-state index in [-0.39, 0.29) is 29.8 Å². The smallest absolute Gasteiger partial charge is 0.245 e. The van der Waals surface area contributed by atoms with Crippen LogP contribution in [0.2, 0.25) is 0 Å². The summed E-state index contributed by atoms with van der Waals surface area (Å²) in [6.45, 7) is 4.08. The normalized spacial score (nSPS) is 31.2. The molecule has 4 heteroatoms. The highest BCUT2D eigenvalue weighted by Gasteiger charge is 2.43. The molecule has 0 aromatic heterocycles. The van der Waals surface area contributed by atoms with Gasteiger partial charge in [0.2, 0.25) is 11.8 Å². The van der Waals surface area contributed by atoms with Gasteiger partial charge in [0.1, 0.15) is 12.1 Å². The topological polar surface area (TPSA) is 49.4 Å². The van der Waals surface area contributed by atoms with Crippen molar-refractivity contribution in [1.82, 2.24) is 10.2 Å². The van der Waals surface area contributed by atoms with Gasteiger partial charge in [0.25, 0.3) is 0 Å². The van der Waals surface area contributed by atoms with Crippen molar-refractivity contribution >= 4 is 11.8 Å². The summed E-state index contributed by atoms with van der Waals surface area (Å²) in [6, 6.07) is -0.574. The van der Waals surface area contributed by atoms with Crippen molar-refractivity contribution in [2.75, 3.05) is 7.05 Å². The lowest BCUT2D eigenvalue weighted by Gasteiger charge is -2.42. The second-order valence-corrected chi connectivity index (χ2v) is 6.16. The van der Waals surface area contributed by atoms with E-state index in [4.69, 9.17) is 0 Å². The average molecular weight is 266 g/mol. The van der Waals surface area contributed by atoms with E-state index in [9.17, 15) is 9.59 Å². The molecule has 1 N–H and O–H groups in total. The zero-order valence-corrected chi connectivity index (χ0v) is 12.3. The number of rotatable bonds is 3. The quantitative estimate of drug-likeness (QED) is 0.848. The van der Waals surface area contributed by atoms with Gasteiger partial charge in [0, 0.05) is 7.05 Å². The lowest BCUT2D eigenvalue weighted by molar-refractivity contribution is -0.151. The van der Waals surface area contributed by atoms with Crippen LogP contribution in [0.3, 0.4) is 0 Å². The summed E-state index contributed by atoms with van der Waals surface area (Å²) in [6.07, 6.45) is 6.68. The minimum absolute atomic E-state index is 0.0549. The third kappa shape index (κ3) is 2.77. The molecule has 0 spiro atoms. The van der Waals surface area contributed by atoms with Crippen molar-refractivity contribution in [2.45, 2.75) is 64.5 Å². The molecule has 2 rings (SSSR count). The van der Waals surface area contributed by atoms with Crippen molar-refractivity contribution in [3.8, 4) is 0 Å². The standard InChI is InChI=1S/C15H26N2O2/c1-4-10(2)12-15(19)17(3)13(14(18)16-12)11-8-6-5-7-9-11/h10-13H,4-9H2,1-3H3,(H,16,18). The van der Waals surface area contributed by atoms with Gasteiger partial charge >= 0.3 is 0 Å². The van der Waals surface area contributed by atoms with Gasteiger partial charge in [-0.3, -0.25) is 9.59 Å². The van der Waals surface area contributed by atoms with Crippen LogP contribution in [0.4, 0.5) is 0 Å². The number of carbonyl (C=O) groups excluding carboxylic acids is 2. The molecule has 2 fully saturated rings. The minimum Gasteiger partial charge on any atom is -0.342 e. The number of nitrogens with zero attached hydrogens (tertiary/aromatic N) is 1. The van der Waals surface area contributed by atoms with Gasteiger partial charge in [-0.1, -0.05) is 39.5 Å². The zero-order chi connectivity index (χ0) is 14.0. The van der Waals surface area contributed by atoms with Gasteiger partial charge in [-0.2, -0.15) is 0 Å². The Balaban J connectivity index is 2.11. The lowest BCUT2D eigenvalue weighted by atomic mass is 9.81. The van der Waals surface area contributed by atoms with Crippen LogP contribution in [-0.2, 0) is 9.59 Å². The summed E-state index contributed by atoms with van der Waals surface area (Å²) in [5, 5.41) is 2.96. The molecule has 1 aliphatic carbocycles. The molecular formula is C15H26N2O2. The van der Waals surface area contributed by atoms with Gasteiger partial charge in [0.05, 0.1) is 0 Å². The van der Waals surface area contributed by atoms with Crippen molar-refractivity contribution in [2.24, 2.45) is 11.8 Å². The predicted molar refractivity (Wildman–Crippen MR) is 74.5 cm³/mol. The van der Waals surface area contributed by atoms with E-state index in [0.717, 1.165) is 19.3 Å². The highest BCUT2D eigenvalue weighted by Crippen LogP contribution is 2.31. The van der Waals surface area contributed by atoms with Crippen molar-refractivity contribution < 1.29 is 9.59 Å². The van der Waals surface area contributed by atoms with E-state index < -0.39 is 0 Å². The highest BCUT2D eigenvalue weighted by molar-refractivity contribution is 5.97. The highest BCUT2D eigenvalue weighted by atomic mass is 16.2. The third-order valence-corrected chi connectivity index (χ3v) is 4.91. The Hall–Kier alpha value is -1.06. The molecule has 0 aromatic carbocycles. The molecule has 4 nitrogen and oxygen atoms in total. The van der Waals surface area contributed by atoms with Crippen molar-refractivity contribution in [3.63, 3.8) is 0 Å². The fraction of sp³-hybridized carbons (Fsp3) is 0.867. The first kappa shape index (κ1) is 14.4. The van der Waals surface area contributed by atoms with Gasteiger partial charge < -0.3 is 10.2 Å². The van der Waals surface area contributed by atoms with Crippen LogP contribution >= 0.6 is 0 Å². The maximum absolute atomic E-state index is 12.4. The van der Waals surface area contributed by atoms with Gasteiger partial charge in [-0.05, 0) is 24.7 Å². The van der Waals surface area contributed by atoms with Crippen LogP contribution in [0.25, 0.3) is 0 Å². The molecule has 2 aliphatic rings. The monoisotopic (exact) mass is 266 g/mol. The Labute approximate surface area is 115 Å². The SMILES string of the molecule is CCC(C)C1NC(=O)C(C2CCCCC2)N(C)C1=O. The third-order valence-electron chi connectivity index (χ3n) is 4.91. The second kappa shape index (κ2) is 5.93. The van der Waals surface area contributed by atoms with Crippen molar-refractivity contribution in [3.05, 3.63) is 0 Å². The molecule has 3 unspecified atom stereocenters. The van der Waals surface area contributed by atoms with Crippen LogP contribution in [0.1, 0.15) is 52.4 Å². The minimum atomic E-state index is -0.331. The molecule has 19 heavy (non-hydrogen) atoms. The molecule has 108 valence electrons. The Kier molecular flexibility index (Phi) is 4.48. The molecule has 0 radical (unpaired) electrons. The number of carbonyl (C=O) groups is 2. The number of amides is 2. The van der Waals surface area contributed by atoms with Gasteiger partial charge in [0.15, 0.2) is 0 Å². The van der Waals surface area contributed by atoms with E-state index in [2.05, 4.69) is 12.2 Å². The predicted octanol–water partition coefficient (Wildman–Crippen LogP) is 1.94. The summed E-state index contributed by atoms with van der Waals surface area (Å²) in [5.74, 6) is 0.690. The van der Waals surface area contributed by atoms with E-state index >= 15 is 0 Å². The zero-order valence-electron chi connectivity index (χ0n) is 12.3. The molecule has 1 saturated heterocycles. The maximum atomic E-state index is 12.4. The average Bonchev–Trinajstić information content (AvgIpc) is 2.43. The van der Waals surface area contributed by atoms with Crippen molar-refractivity contribution in [1.29, 1.82) is 0 Å². The number of piperazine rings is 1. The summed E-state index contributed by atoms with van der Waals surface area (Å²) in [5.41, 5.74) is 0. The van der Waals surface area contributed by atoms with E-state index in [1.54, 1.807) is 11.9 Å². The summed E-state index contributed by atoms with van der Waals surface area (Å²) < 4.78 is 0. The molecule has 1 saturated carbocycles. The molecule has 0 bridgehead atoms. The van der Waals surface area contributed by atoms with E-state index in [0.29, 0.717) is 5.92 Å². The fourth-order valence-electron chi connectivity index (χ4n) is 3.43. The molecule has 2 amide bonds. The second-order valence-electron chi connectivity index (χ2n) is 6.16. The summed E-state index contributed by atoms with van der Waals surface area (Å²) in [4.78, 5) is 26.5. The molecule has 3 atom stereocenters. The van der Waals surface area contributed by atoms with Crippen LogP contribution in [0, 0.1) is 11.8 Å². The Morgan fingerprint density at radius 2 is 1.89 bits per heavy atom. The first-order valence-corrected chi connectivity index (χ1v) is 7.63. The number of nitrogens with one attached hydrogen (secondary N) is 1. The summed E-state index contributed by atoms with van der Waals surface area (Å²) >= 11 is 0. The van der Waals surface area contributed by atoms with Crippen LogP contribution in [-0.4, -0.2) is 35.8 Å². The summed E-state index contributed by atoms with van der Waals surface area (Å²) in [7, 11) is 1.80. The maximum Gasteiger partial charge on any atom is 0.245 e. The Bertz CT molecular complexity index is 350. The van der Waals surface area contributed by atoms with Crippen LogP contribution in [0.15, 0.2) is 0 Å². The number of hydrogen-bond acceptors (Lipinski definition) is 2.